The van der Waals surface area contributed by atoms with E-state index in [4.69, 9.17) is 4.74 Å². The molecule has 0 fully saturated rings. The fourth-order valence-electron chi connectivity index (χ4n) is 1.38. The van der Waals surface area contributed by atoms with Crippen LogP contribution in [0.1, 0.15) is 12.5 Å². The highest BCUT2D eigenvalue weighted by Gasteiger charge is 2.24. The van der Waals surface area contributed by atoms with Crippen LogP contribution in [0.25, 0.3) is 0 Å². The number of esters is 1. The van der Waals surface area contributed by atoms with Crippen molar-refractivity contribution in [2.45, 2.75) is 20.0 Å². The van der Waals surface area contributed by atoms with Crippen molar-refractivity contribution in [2.24, 2.45) is 0 Å². The number of ether oxygens (including phenoxy) is 2. The van der Waals surface area contributed by atoms with E-state index in [1.165, 1.54) is 26.2 Å². The molecule has 1 amide bonds. The number of hydrogen-bond donors (Lipinski definition) is 1. The molecule has 6 heteroatoms. The lowest BCUT2D eigenvalue weighted by atomic mass is 10.2. The van der Waals surface area contributed by atoms with Crippen molar-refractivity contribution in [1.82, 2.24) is 0 Å². The third kappa shape index (κ3) is 4.08. The van der Waals surface area contributed by atoms with Crippen LogP contribution in [0.3, 0.4) is 0 Å². The molecule has 20 heavy (non-hydrogen) atoms. The summed E-state index contributed by atoms with van der Waals surface area (Å²) >= 11 is 0. The Kier molecular flexibility index (Phi) is 5.25. The molecule has 1 aromatic carbocycles. The Bertz CT molecular complexity index is 542. The van der Waals surface area contributed by atoms with Crippen molar-refractivity contribution in [1.29, 1.82) is 0 Å². The highest BCUT2D eigenvalue weighted by molar-refractivity contribution is 5.88. The second-order valence-electron chi connectivity index (χ2n) is 4.24. The summed E-state index contributed by atoms with van der Waals surface area (Å²) in [5, 5.41) is 2.32. The Balaban J connectivity index is 2.73. The Labute approximate surface area is 116 Å². The van der Waals surface area contributed by atoms with E-state index in [2.05, 4.69) is 16.6 Å². The van der Waals surface area contributed by atoms with Gasteiger partial charge in [0.15, 0.2) is 0 Å². The van der Waals surface area contributed by atoms with Gasteiger partial charge < -0.3 is 9.47 Å². The van der Waals surface area contributed by atoms with Crippen LogP contribution in [0.4, 0.5) is 14.9 Å². The van der Waals surface area contributed by atoms with Gasteiger partial charge in [0.1, 0.15) is 5.82 Å². The van der Waals surface area contributed by atoms with Gasteiger partial charge in [0.05, 0.1) is 7.11 Å². The summed E-state index contributed by atoms with van der Waals surface area (Å²) in [7, 11) is 1.18. The van der Waals surface area contributed by atoms with Gasteiger partial charge in [-0.2, -0.15) is 0 Å². The number of nitrogens with one attached hydrogen (secondary N) is 1. The zero-order chi connectivity index (χ0) is 15.3. The predicted molar refractivity (Wildman–Crippen MR) is 71.9 cm³/mol. The van der Waals surface area contributed by atoms with E-state index in [9.17, 15) is 14.0 Å². The first-order chi connectivity index (χ1) is 9.35. The third-order valence-electron chi connectivity index (χ3n) is 2.51. The fraction of sp³-hybridized carbons (Fsp3) is 0.286. The molecule has 0 saturated heterocycles. The van der Waals surface area contributed by atoms with Crippen LogP contribution in [-0.4, -0.2) is 25.3 Å². The molecule has 0 aliphatic carbocycles. The highest BCUT2D eigenvalue weighted by Crippen LogP contribution is 2.15. The number of rotatable bonds is 4. The predicted octanol–water partition coefficient (Wildman–Crippen LogP) is 2.80. The molecular formula is C14H16FNO4. The molecule has 0 bridgehead atoms. The molecule has 0 saturated carbocycles. The molecule has 1 atom stereocenters. The first-order valence-corrected chi connectivity index (χ1v) is 5.82. The lowest BCUT2D eigenvalue weighted by Crippen LogP contribution is -2.31. The van der Waals surface area contributed by atoms with Gasteiger partial charge in [-0.15, -0.1) is 0 Å². The molecule has 0 radical (unpaired) electrons. The molecule has 0 spiro atoms. The van der Waals surface area contributed by atoms with Crippen LogP contribution in [0, 0.1) is 12.7 Å². The minimum absolute atomic E-state index is 0.225. The molecule has 1 N–H and O–H groups in total. The van der Waals surface area contributed by atoms with Gasteiger partial charge in [0, 0.05) is 5.69 Å². The molecule has 0 aromatic heterocycles. The molecule has 5 nitrogen and oxygen atoms in total. The van der Waals surface area contributed by atoms with E-state index >= 15 is 0 Å². The number of carbonyl (C=O) groups is 2. The second-order valence-corrected chi connectivity index (χ2v) is 4.24. The monoisotopic (exact) mass is 281 g/mol. The molecule has 0 heterocycles. The fourth-order valence-corrected chi connectivity index (χ4v) is 1.38. The van der Waals surface area contributed by atoms with Crippen LogP contribution in [0.5, 0.6) is 0 Å². The molecule has 1 rings (SSSR count). The van der Waals surface area contributed by atoms with E-state index < -0.39 is 24.0 Å². The summed E-state index contributed by atoms with van der Waals surface area (Å²) in [6.45, 7) is 6.68. The lowest BCUT2D eigenvalue weighted by Gasteiger charge is -2.16. The van der Waals surface area contributed by atoms with Crippen molar-refractivity contribution >= 4 is 17.7 Å². The van der Waals surface area contributed by atoms with Gasteiger partial charge in [-0.1, -0.05) is 12.6 Å². The number of anilines is 1. The summed E-state index contributed by atoms with van der Waals surface area (Å²) < 4.78 is 22.7. The number of halogens is 1. The van der Waals surface area contributed by atoms with Gasteiger partial charge in [-0.3, -0.25) is 5.32 Å². The van der Waals surface area contributed by atoms with E-state index in [0.717, 1.165) is 6.07 Å². The van der Waals surface area contributed by atoms with Crippen molar-refractivity contribution < 1.29 is 23.5 Å². The van der Waals surface area contributed by atoms with Crippen molar-refractivity contribution in [3.8, 4) is 0 Å². The van der Waals surface area contributed by atoms with Gasteiger partial charge in [0.25, 0.3) is 0 Å². The third-order valence-corrected chi connectivity index (χ3v) is 2.51. The average molecular weight is 281 g/mol. The highest BCUT2D eigenvalue weighted by atomic mass is 19.1. The van der Waals surface area contributed by atoms with E-state index in [1.807, 2.05) is 0 Å². The standard InChI is InChI=1S/C14H16FNO4/c1-8(2)12(13(17)19-4)20-14(18)16-10-6-5-9(3)11(15)7-10/h5-7,12H,1H2,2-4H3,(H,16,18). The molecule has 1 unspecified atom stereocenters. The van der Waals surface area contributed by atoms with Crippen LogP contribution in [0.15, 0.2) is 30.4 Å². The van der Waals surface area contributed by atoms with Crippen LogP contribution in [-0.2, 0) is 14.3 Å². The lowest BCUT2D eigenvalue weighted by molar-refractivity contribution is -0.148. The van der Waals surface area contributed by atoms with Gasteiger partial charge in [-0.25, -0.2) is 14.0 Å². The Hall–Kier alpha value is -2.37. The summed E-state index contributed by atoms with van der Waals surface area (Å²) in [5.74, 6) is -1.19. The van der Waals surface area contributed by atoms with E-state index in [-0.39, 0.29) is 5.69 Å². The smallest absolute Gasteiger partial charge is 0.412 e. The molecule has 0 aliphatic rings. The number of amides is 1. The van der Waals surface area contributed by atoms with Crippen LogP contribution < -0.4 is 5.32 Å². The summed E-state index contributed by atoms with van der Waals surface area (Å²) in [6, 6.07) is 4.19. The minimum Gasteiger partial charge on any atom is -0.466 e. The maximum Gasteiger partial charge on any atom is 0.412 e. The minimum atomic E-state index is -1.20. The van der Waals surface area contributed by atoms with Crippen molar-refractivity contribution in [3.05, 3.63) is 41.7 Å². The number of hydrogen-bond acceptors (Lipinski definition) is 4. The molecule has 0 aliphatic heterocycles. The zero-order valence-corrected chi connectivity index (χ0v) is 11.5. The first kappa shape index (κ1) is 15.7. The van der Waals surface area contributed by atoms with Crippen LogP contribution in [0.2, 0.25) is 0 Å². The number of methoxy groups -OCH3 is 1. The average Bonchev–Trinajstić information content (AvgIpc) is 2.39. The molecular weight excluding hydrogens is 265 g/mol. The van der Waals surface area contributed by atoms with Crippen LogP contribution >= 0.6 is 0 Å². The van der Waals surface area contributed by atoms with Crippen molar-refractivity contribution in [2.75, 3.05) is 12.4 Å². The molecule has 108 valence electrons. The Morgan fingerprint density at radius 1 is 1.40 bits per heavy atom. The zero-order valence-electron chi connectivity index (χ0n) is 11.5. The maximum atomic E-state index is 13.3. The van der Waals surface area contributed by atoms with Gasteiger partial charge in [0.2, 0.25) is 6.10 Å². The summed E-state index contributed by atoms with van der Waals surface area (Å²) in [4.78, 5) is 23.0. The van der Waals surface area contributed by atoms with E-state index in [0.29, 0.717) is 11.1 Å². The second kappa shape index (κ2) is 6.70. The maximum absolute atomic E-state index is 13.3. The Morgan fingerprint density at radius 2 is 2.05 bits per heavy atom. The quantitative estimate of drug-likeness (QED) is 0.681. The SMILES string of the molecule is C=C(C)C(OC(=O)Nc1ccc(C)c(F)c1)C(=O)OC. The summed E-state index contributed by atoms with van der Waals surface area (Å²) in [5.41, 5.74) is 1.00. The largest absolute Gasteiger partial charge is 0.466 e. The van der Waals surface area contributed by atoms with E-state index in [1.54, 1.807) is 6.92 Å². The van der Waals surface area contributed by atoms with Crippen molar-refractivity contribution in [3.63, 3.8) is 0 Å². The number of aryl methyl sites for hydroxylation is 1. The number of carbonyl (C=O) groups excluding carboxylic acids is 2. The number of benzene rings is 1. The first-order valence-electron chi connectivity index (χ1n) is 5.82. The summed E-state index contributed by atoms with van der Waals surface area (Å²) in [6.07, 6.45) is -2.10. The normalized spacial score (nSPS) is 11.4. The van der Waals surface area contributed by atoms with Gasteiger partial charge >= 0.3 is 12.1 Å². The van der Waals surface area contributed by atoms with Gasteiger partial charge in [-0.05, 0) is 37.1 Å². The topological polar surface area (TPSA) is 64.6 Å². The molecule has 1 aromatic rings. The Morgan fingerprint density at radius 3 is 2.55 bits per heavy atom.